The van der Waals surface area contributed by atoms with Crippen molar-refractivity contribution in [3.8, 4) is 0 Å². The van der Waals surface area contributed by atoms with E-state index in [2.05, 4.69) is 10.2 Å². The van der Waals surface area contributed by atoms with Gasteiger partial charge in [-0.3, -0.25) is 14.4 Å². The maximum atomic E-state index is 13.1. The second-order valence-corrected chi connectivity index (χ2v) is 7.17. The number of hydrogen-bond acceptors (Lipinski definition) is 5. The molecule has 0 radical (unpaired) electrons. The van der Waals surface area contributed by atoms with Gasteiger partial charge < -0.3 is 4.90 Å². The van der Waals surface area contributed by atoms with E-state index in [0.717, 1.165) is 22.6 Å². The van der Waals surface area contributed by atoms with E-state index >= 15 is 0 Å². The van der Waals surface area contributed by atoms with E-state index in [4.69, 9.17) is 0 Å². The average molecular weight is 384 g/mol. The molecule has 0 bridgehead atoms. The number of rotatable bonds is 2. The standard InChI is InChI=1S/C22H16N4O3/c1-13-10-15-4-2-3-5-19(15)25(13)20(27)14-6-8-16(9-7-14)26-21(28)17-11-23-24-12-18(17)22(26)29/h2-9,11-13H,10H2,1H3/t13-/m1/s1. The third-order valence-electron chi connectivity index (χ3n) is 5.40. The Kier molecular flexibility index (Phi) is 3.77. The van der Waals surface area contributed by atoms with Gasteiger partial charge in [0.05, 0.1) is 29.2 Å². The van der Waals surface area contributed by atoms with Gasteiger partial charge in [0.25, 0.3) is 17.7 Å². The lowest BCUT2D eigenvalue weighted by molar-refractivity contribution is 0.0924. The molecule has 2 aliphatic heterocycles. The van der Waals surface area contributed by atoms with Crippen molar-refractivity contribution in [3.05, 3.63) is 83.2 Å². The predicted molar refractivity (Wildman–Crippen MR) is 106 cm³/mol. The molecule has 7 heteroatoms. The predicted octanol–water partition coefficient (Wildman–Crippen LogP) is 2.87. The molecule has 5 rings (SSSR count). The summed E-state index contributed by atoms with van der Waals surface area (Å²) in [5.41, 5.74) is 3.44. The first kappa shape index (κ1) is 17.2. The second-order valence-electron chi connectivity index (χ2n) is 7.17. The molecular formula is C22H16N4O3. The Bertz CT molecular complexity index is 1140. The summed E-state index contributed by atoms with van der Waals surface area (Å²) in [7, 11) is 0. The minimum absolute atomic E-state index is 0.0656. The van der Waals surface area contributed by atoms with E-state index in [1.54, 1.807) is 29.2 Å². The van der Waals surface area contributed by atoms with Gasteiger partial charge in [0, 0.05) is 17.3 Å². The van der Waals surface area contributed by atoms with Crippen LogP contribution in [0.5, 0.6) is 0 Å². The number of para-hydroxylation sites is 1. The summed E-state index contributed by atoms with van der Waals surface area (Å²) in [6.07, 6.45) is 3.40. The van der Waals surface area contributed by atoms with E-state index in [0.29, 0.717) is 11.3 Å². The molecule has 3 aromatic rings. The van der Waals surface area contributed by atoms with E-state index < -0.39 is 11.8 Å². The molecule has 2 aliphatic rings. The van der Waals surface area contributed by atoms with Crippen LogP contribution in [-0.2, 0) is 6.42 Å². The molecule has 3 amide bonds. The maximum absolute atomic E-state index is 13.1. The molecule has 142 valence electrons. The minimum Gasteiger partial charge on any atom is -0.305 e. The van der Waals surface area contributed by atoms with Gasteiger partial charge in [-0.2, -0.15) is 10.2 Å². The SMILES string of the molecule is C[C@@H]1Cc2ccccc2N1C(=O)c1ccc(N2C(=O)c3cnncc3C2=O)cc1. The first-order valence-electron chi connectivity index (χ1n) is 9.27. The molecule has 0 fully saturated rings. The molecule has 0 aliphatic carbocycles. The fraction of sp³-hybridized carbons (Fsp3) is 0.136. The van der Waals surface area contributed by atoms with Crippen molar-refractivity contribution in [1.82, 2.24) is 10.2 Å². The molecule has 0 saturated carbocycles. The van der Waals surface area contributed by atoms with Crippen LogP contribution in [0.15, 0.2) is 60.9 Å². The van der Waals surface area contributed by atoms with Gasteiger partial charge in [0.15, 0.2) is 0 Å². The number of carbonyl (C=O) groups is 3. The van der Waals surface area contributed by atoms with E-state index in [1.807, 2.05) is 31.2 Å². The summed E-state index contributed by atoms with van der Waals surface area (Å²) in [5, 5.41) is 7.35. The minimum atomic E-state index is -0.443. The zero-order valence-electron chi connectivity index (χ0n) is 15.6. The zero-order valence-corrected chi connectivity index (χ0v) is 15.6. The summed E-state index contributed by atoms with van der Waals surface area (Å²) in [6.45, 7) is 2.02. The smallest absolute Gasteiger partial charge is 0.267 e. The summed E-state index contributed by atoms with van der Waals surface area (Å²) >= 11 is 0. The first-order valence-corrected chi connectivity index (χ1v) is 9.27. The first-order chi connectivity index (χ1) is 14.1. The third-order valence-corrected chi connectivity index (χ3v) is 5.40. The summed E-state index contributed by atoms with van der Waals surface area (Å²) in [4.78, 5) is 41.2. The number of amides is 3. The Labute approximate surface area is 166 Å². The van der Waals surface area contributed by atoms with E-state index in [9.17, 15) is 14.4 Å². The molecule has 0 saturated heterocycles. The number of carbonyl (C=O) groups excluding carboxylic acids is 3. The van der Waals surface area contributed by atoms with Crippen LogP contribution >= 0.6 is 0 Å². The number of anilines is 2. The Balaban J connectivity index is 1.44. The van der Waals surface area contributed by atoms with Crippen LogP contribution in [0.4, 0.5) is 11.4 Å². The molecule has 29 heavy (non-hydrogen) atoms. The van der Waals surface area contributed by atoms with Gasteiger partial charge in [-0.15, -0.1) is 0 Å². The third kappa shape index (κ3) is 2.55. The van der Waals surface area contributed by atoms with Crippen LogP contribution in [0.2, 0.25) is 0 Å². The molecule has 0 unspecified atom stereocenters. The quantitative estimate of drug-likeness (QED) is 0.635. The number of imide groups is 1. The van der Waals surface area contributed by atoms with Crippen LogP contribution in [0.3, 0.4) is 0 Å². The van der Waals surface area contributed by atoms with Gasteiger partial charge in [0.2, 0.25) is 0 Å². The van der Waals surface area contributed by atoms with Gasteiger partial charge in [-0.1, -0.05) is 18.2 Å². The van der Waals surface area contributed by atoms with Crippen molar-refractivity contribution >= 4 is 29.1 Å². The highest BCUT2D eigenvalue weighted by molar-refractivity contribution is 6.34. The van der Waals surface area contributed by atoms with Gasteiger partial charge in [-0.05, 0) is 49.2 Å². The topological polar surface area (TPSA) is 83.5 Å². The monoisotopic (exact) mass is 384 g/mol. The highest BCUT2D eigenvalue weighted by atomic mass is 16.2. The second kappa shape index (κ2) is 6.34. The number of nitrogens with zero attached hydrogens (tertiary/aromatic N) is 4. The zero-order chi connectivity index (χ0) is 20.1. The van der Waals surface area contributed by atoms with Crippen LogP contribution in [-0.4, -0.2) is 34.0 Å². The number of fused-ring (bicyclic) bond motifs is 2. The lowest BCUT2D eigenvalue weighted by Crippen LogP contribution is -2.35. The van der Waals surface area contributed by atoms with Crippen LogP contribution in [0.25, 0.3) is 0 Å². The summed E-state index contributed by atoms with van der Waals surface area (Å²) in [6, 6.07) is 14.5. The lowest BCUT2D eigenvalue weighted by atomic mass is 10.1. The molecule has 2 aromatic carbocycles. The average Bonchev–Trinajstić information content (AvgIpc) is 3.21. The largest absolute Gasteiger partial charge is 0.305 e. The van der Waals surface area contributed by atoms with Crippen LogP contribution < -0.4 is 9.80 Å². The van der Waals surface area contributed by atoms with Crippen LogP contribution in [0.1, 0.15) is 43.6 Å². The molecule has 1 aromatic heterocycles. The molecule has 3 heterocycles. The van der Waals surface area contributed by atoms with E-state index in [-0.39, 0.29) is 23.1 Å². The Morgan fingerprint density at radius 3 is 2.21 bits per heavy atom. The summed E-state index contributed by atoms with van der Waals surface area (Å²) in [5.74, 6) is -0.994. The molecular weight excluding hydrogens is 368 g/mol. The van der Waals surface area contributed by atoms with Crippen molar-refractivity contribution < 1.29 is 14.4 Å². The summed E-state index contributed by atoms with van der Waals surface area (Å²) < 4.78 is 0. The van der Waals surface area contributed by atoms with Crippen molar-refractivity contribution in [2.45, 2.75) is 19.4 Å². The maximum Gasteiger partial charge on any atom is 0.267 e. The molecule has 0 spiro atoms. The highest BCUT2D eigenvalue weighted by Gasteiger charge is 2.37. The fourth-order valence-corrected chi connectivity index (χ4v) is 4.00. The van der Waals surface area contributed by atoms with Crippen molar-refractivity contribution in [1.29, 1.82) is 0 Å². The lowest BCUT2D eigenvalue weighted by Gasteiger charge is -2.23. The van der Waals surface area contributed by atoms with Crippen molar-refractivity contribution in [2.24, 2.45) is 0 Å². The van der Waals surface area contributed by atoms with Crippen molar-refractivity contribution in [2.75, 3.05) is 9.80 Å². The number of hydrogen-bond donors (Lipinski definition) is 0. The van der Waals surface area contributed by atoms with Crippen molar-refractivity contribution in [3.63, 3.8) is 0 Å². The number of benzene rings is 2. The van der Waals surface area contributed by atoms with Gasteiger partial charge in [0.1, 0.15) is 0 Å². The molecule has 1 atom stereocenters. The fourth-order valence-electron chi connectivity index (χ4n) is 4.00. The number of aromatic nitrogens is 2. The van der Waals surface area contributed by atoms with Gasteiger partial charge >= 0.3 is 0 Å². The Morgan fingerprint density at radius 2 is 1.55 bits per heavy atom. The Morgan fingerprint density at radius 1 is 0.931 bits per heavy atom. The van der Waals surface area contributed by atoms with Gasteiger partial charge in [-0.25, -0.2) is 4.90 Å². The Hall–Kier alpha value is -3.87. The molecule has 0 N–H and O–H groups in total. The normalized spacial score (nSPS) is 17.5. The van der Waals surface area contributed by atoms with Crippen LogP contribution in [0, 0.1) is 0 Å². The van der Waals surface area contributed by atoms with E-state index in [1.165, 1.54) is 12.4 Å². The molecule has 7 nitrogen and oxygen atoms in total. The highest BCUT2D eigenvalue weighted by Crippen LogP contribution is 2.33.